The molecular weight excluding hydrogens is 456 g/mol. The monoisotopic (exact) mass is 486 g/mol. The maximum atomic E-state index is 13.1. The Morgan fingerprint density at radius 2 is 1.81 bits per heavy atom. The molecule has 4 N–H and O–H groups in total. The van der Waals surface area contributed by atoms with Crippen molar-refractivity contribution < 1.29 is 9.59 Å². The van der Waals surface area contributed by atoms with Gasteiger partial charge in [-0.15, -0.1) is 0 Å². The molecule has 36 heavy (non-hydrogen) atoms. The molecule has 2 amide bonds. The van der Waals surface area contributed by atoms with Crippen LogP contribution in [-0.2, 0) is 7.05 Å². The number of carbonyl (C=O) groups excluding carboxylic acids is 2. The number of hydrogen-bond acceptors (Lipinski definition) is 7. The van der Waals surface area contributed by atoms with Crippen LogP contribution in [0.4, 0.5) is 17.3 Å². The third-order valence-electron chi connectivity index (χ3n) is 7.59. The van der Waals surface area contributed by atoms with Gasteiger partial charge in [0.15, 0.2) is 11.5 Å². The fraction of sp³-hybridized carbons (Fsp3) is 0.423. The second-order valence-corrected chi connectivity index (χ2v) is 10.1. The largest absolute Gasteiger partial charge is 0.364 e. The zero-order chi connectivity index (χ0) is 24.8. The van der Waals surface area contributed by atoms with Gasteiger partial charge in [-0.1, -0.05) is 12.1 Å². The van der Waals surface area contributed by atoms with Crippen LogP contribution < -0.4 is 21.3 Å². The number of fused-ring (bicyclic) bond motifs is 2. The molecule has 10 nitrogen and oxygen atoms in total. The Kier molecular flexibility index (Phi) is 5.58. The van der Waals surface area contributed by atoms with Crippen LogP contribution in [0.3, 0.4) is 0 Å². The molecule has 2 bridgehead atoms. The predicted molar refractivity (Wildman–Crippen MR) is 135 cm³/mol. The van der Waals surface area contributed by atoms with Crippen LogP contribution in [0.5, 0.6) is 0 Å². The van der Waals surface area contributed by atoms with Crippen LogP contribution in [-0.4, -0.2) is 49.7 Å². The summed E-state index contributed by atoms with van der Waals surface area (Å²) in [6.45, 7) is 0. The summed E-state index contributed by atoms with van der Waals surface area (Å²) in [6.07, 6.45) is 11.4. The van der Waals surface area contributed by atoms with Gasteiger partial charge in [0.25, 0.3) is 11.8 Å². The van der Waals surface area contributed by atoms with Crippen molar-refractivity contribution in [1.82, 2.24) is 25.1 Å². The Labute approximate surface area is 209 Å². The minimum atomic E-state index is -0.653. The number of nitrogens with zero attached hydrogens (tertiary/aromatic N) is 5. The van der Waals surface area contributed by atoms with E-state index in [2.05, 4.69) is 37.7 Å². The zero-order valence-corrected chi connectivity index (χ0v) is 20.2. The summed E-state index contributed by atoms with van der Waals surface area (Å²) < 4.78 is 1.65. The normalized spacial score (nSPS) is 22.9. The zero-order valence-electron chi connectivity index (χ0n) is 20.2. The van der Waals surface area contributed by atoms with Crippen molar-refractivity contribution in [2.45, 2.75) is 62.6 Å². The highest BCUT2D eigenvalue weighted by Gasteiger charge is 2.44. The Bertz CT molecular complexity index is 1300. The predicted octanol–water partition coefficient (Wildman–Crippen LogP) is 2.86. The molecule has 4 heterocycles. The van der Waals surface area contributed by atoms with Crippen molar-refractivity contribution >= 4 is 29.1 Å². The number of rotatable bonds is 7. The van der Waals surface area contributed by atoms with Crippen LogP contribution in [0.15, 0.2) is 42.9 Å². The lowest BCUT2D eigenvalue weighted by atomic mass is 9.96. The Hall–Kier alpha value is -3.95. The molecule has 2 saturated heterocycles. The first-order chi connectivity index (χ1) is 17.5. The molecule has 0 radical (unpaired) electrons. The van der Waals surface area contributed by atoms with Crippen molar-refractivity contribution in [2.75, 3.05) is 10.2 Å². The number of anilines is 3. The number of nitrogens with two attached hydrogens (primary N) is 1. The van der Waals surface area contributed by atoms with E-state index in [1.54, 1.807) is 23.3 Å². The average molecular weight is 487 g/mol. The van der Waals surface area contributed by atoms with Crippen molar-refractivity contribution in [3.05, 3.63) is 59.7 Å². The van der Waals surface area contributed by atoms with E-state index >= 15 is 0 Å². The average Bonchev–Trinajstić information content (AvgIpc) is 3.57. The van der Waals surface area contributed by atoms with Gasteiger partial charge in [0.1, 0.15) is 5.82 Å². The maximum absolute atomic E-state index is 13.1. The van der Waals surface area contributed by atoms with Gasteiger partial charge in [0.2, 0.25) is 0 Å². The van der Waals surface area contributed by atoms with Gasteiger partial charge >= 0.3 is 0 Å². The number of aromatic nitrogens is 4. The van der Waals surface area contributed by atoms with Gasteiger partial charge < -0.3 is 21.3 Å². The van der Waals surface area contributed by atoms with Crippen LogP contribution >= 0.6 is 0 Å². The third-order valence-corrected chi connectivity index (χ3v) is 7.59. The number of benzene rings is 1. The number of hydrogen-bond donors (Lipinski definition) is 3. The van der Waals surface area contributed by atoms with Gasteiger partial charge in [0.05, 0.1) is 24.1 Å². The number of aryl methyl sites for hydroxylation is 1. The fourth-order valence-corrected chi connectivity index (χ4v) is 5.65. The third kappa shape index (κ3) is 4.27. The van der Waals surface area contributed by atoms with Crippen molar-refractivity contribution in [2.24, 2.45) is 12.8 Å². The standard InChI is InChI=1S/C26H30N8O2/c1-33-14-18(12-29-33)30-25-23(24(27)35)28-13-22(32-25)34-19-8-10-20(21(34)11-9-19)31-26(36)17-6-4-16(5-7-17)15-2-3-15/h4-7,12-15,19-21H,2-3,8-11H2,1H3,(H2,27,35)(H,30,32)(H,31,36)/t19?,20-,21?/m1/s1. The summed E-state index contributed by atoms with van der Waals surface area (Å²) in [5.41, 5.74) is 8.34. The van der Waals surface area contributed by atoms with Crippen LogP contribution in [0.1, 0.15) is 70.9 Å². The molecule has 3 aliphatic rings. The first kappa shape index (κ1) is 22.5. The fourth-order valence-electron chi connectivity index (χ4n) is 5.65. The van der Waals surface area contributed by atoms with E-state index in [9.17, 15) is 9.59 Å². The molecule has 1 aliphatic carbocycles. The summed E-state index contributed by atoms with van der Waals surface area (Å²) in [6, 6.07) is 8.47. The van der Waals surface area contributed by atoms with Crippen LogP contribution in [0.2, 0.25) is 0 Å². The smallest absolute Gasteiger partial charge is 0.271 e. The molecule has 1 aromatic carbocycles. The minimum Gasteiger partial charge on any atom is -0.364 e. The molecule has 2 aromatic heterocycles. The molecule has 3 aromatic rings. The van der Waals surface area contributed by atoms with E-state index in [1.807, 2.05) is 19.2 Å². The molecule has 1 saturated carbocycles. The second kappa shape index (κ2) is 8.92. The molecule has 3 fully saturated rings. The van der Waals surface area contributed by atoms with Crippen LogP contribution in [0, 0.1) is 0 Å². The first-order valence-corrected chi connectivity index (χ1v) is 12.6. The number of amides is 2. The topological polar surface area (TPSA) is 131 Å². The lowest BCUT2D eigenvalue weighted by Crippen LogP contribution is -2.55. The lowest BCUT2D eigenvalue weighted by molar-refractivity contribution is 0.0923. The SMILES string of the molecule is Cn1cc(Nc2nc(N3C4CCC3[C@H](NC(=O)c3ccc(C5CC5)cc3)CC4)cnc2C(N)=O)cn1. The Morgan fingerprint density at radius 1 is 1.03 bits per heavy atom. The van der Waals surface area contributed by atoms with Gasteiger partial charge in [-0.05, 0) is 62.1 Å². The van der Waals surface area contributed by atoms with Crippen molar-refractivity contribution in [1.29, 1.82) is 0 Å². The summed E-state index contributed by atoms with van der Waals surface area (Å²) in [5, 5.41) is 10.6. The molecule has 2 unspecified atom stereocenters. The highest BCUT2D eigenvalue weighted by Crippen LogP contribution is 2.41. The highest BCUT2D eigenvalue weighted by atomic mass is 16.2. The summed E-state index contributed by atoms with van der Waals surface area (Å²) in [5.74, 6) is 0.951. The molecular formula is C26H30N8O2. The van der Waals surface area contributed by atoms with Gasteiger partial charge in [-0.25, -0.2) is 9.97 Å². The van der Waals surface area contributed by atoms with Crippen molar-refractivity contribution in [3.8, 4) is 0 Å². The summed E-state index contributed by atoms with van der Waals surface area (Å²) in [7, 11) is 1.81. The number of nitrogens with one attached hydrogen (secondary N) is 2. The molecule has 10 heteroatoms. The van der Waals surface area contributed by atoms with E-state index in [-0.39, 0.29) is 23.7 Å². The van der Waals surface area contributed by atoms with Gasteiger partial charge in [0, 0.05) is 30.9 Å². The number of piperidine rings is 1. The second-order valence-electron chi connectivity index (χ2n) is 10.1. The Balaban J connectivity index is 1.22. The quantitative estimate of drug-likeness (QED) is 0.468. The molecule has 2 aliphatic heterocycles. The van der Waals surface area contributed by atoms with E-state index in [0.29, 0.717) is 34.8 Å². The van der Waals surface area contributed by atoms with E-state index in [4.69, 9.17) is 10.7 Å². The summed E-state index contributed by atoms with van der Waals surface area (Å²) >= 11 is 0. The molecule has 0 spiro atoms. The van der Waals surface area contributed by atoms with Gasteiger partial charge in [-0.2, -0.15) is 5.10 Å². The van der Waals surface area contributed by atoms with Crippen LogP contribution in [0.25, 0.3) is 0 Å². The number of carbonyl (C=O) groups is 2. The summed E-state index contributed by atoms with van der Waals surface area (Å²) in [4.78, 5) is 36.5. The highest BCUT2D eigenvalue weighted by molar-refractivity contribution is 5.96. The molecule has 186 valence electrons. The van der Waals surface area contributed by atoms with E-state index < -0.39 is 5.91 Å². The van der Waals surface area contributed by atoms with Crippen molar-refractivity contribution in [3.63, 3.8) is 0 Å². The molecule has 6 rings (SSSR count). The lowest BCUT2D eigenvalue weighted by Gasteiger charge is -2.41. The van der Waals surface area contributed by atoms with E-state index in [1.165, 1.54) is 18.4 Å². The Morgan fingerprint density at radius 3 is 2.50 bits per heavy atom. The minimum absolute atomic E-state index is 0.00621. The number of primary amides is 1. The van der Waals surface area contributed by atoms with E-state index in [0.717, 1.165) is 25.7 Å². The maximum Gasteiger partial charge on any atom is 0.271 e. The molecule has 3 atom stereocenters. The first-order valence-electron chi connectivity index (χ1n) is 12.6. The van der Waals surface area contributed by atoms with Gasteiger partial charge in [-0.3, -0.25) is 14.3 Å².